The quantitative estimate of drug-likeness (QED) is 0.624. The molecule has 3 aromatic rings. The van der Waals surface area contributed by atoms with E-state index in [1.807, 2.05) is 23.1 Å². The minimum Gasteiger partial charge on any atom is -0.472 e. The van der Waals surface area contributed by atoms with E-state index in [0.717, 1.165) is 19.0 Å². The third-order valence-electron chi connectivity index (χ3n) is 6.27. The SMILES string of the molecule is CC1C2CC(Oc3ccc(C(F)F)cn3)C(C2)N1C(=O)c1ccccc1-n1nccn1. The van der Waals surface area contributed by atoms with Crippen LogP contribution in [0.25, 0.3) is 5.69 Å². The summed E-state index contributed by atoms with van der Waals surface area (Å²) in [4.78, 5) is 20.9. The number of ether oxygens (including phenoxy) is 1. The van der Waals surface area contributed by atoms with E-state index in [1.54, 1.807) is 18.5 Å². The van der Waals surface area contributed by atoms with Gasteiger partial charge in [0.25, 0.3) is 12.3 Å². The number of aromatic nitrogens is 4. The zero-order valence-electron chi connectivity index (χ0n) is 16.8. The molecule has 0 spiro atoms. The number of pyridine rings is 1. The molecule has 2 aromatic heterocycles. The summed E-state index contributed by atoms with van der Waals surface area (Å²) in [6.07, 6.45) is 3.11. The number of para-hydroxylation sites is 1. The number of fused-ring (bicyclic) bond motifs is 2. The average molecular weight is 425 g/mol. The van der Waals surface area contributed by atoms with Crippen molar-refractivity contribution in [3.8, 4) is 11.6 Å². The molecule has 2 fully saturated rings. The van der Waals surface area contributed by atoms with E-state index in [1.165, 1.54) is 16.9 Å². The zero-order valence-corrected chi connectivity index (χ0v) is 16.8. The largest absolute Gasteiger partial charge is 0.472 e. The maximum Gasteiger partial charge on any atom is 0.265 e. The van der Waals surface area contributed by atoms with Crippen LogP contribution in [-0.2, 0) is 0 Å². The van der Waals surface area contributed by atoms with E-state index >= 15 is 0 Å². The summed E-state index contributed by atoms with van der Waals surface area (Å²) in [5.74, 6) is 0.514. The summed E-state index contributed by atoms with van der Waals surface area (Å²) in [7, 11) is 0. The second-order valence-electron chi connectivity index (χ2n) is 7.97. The van der Waals surface area contributed by atoms with Crippen molar-refractivity contribution in [3.63, 3.8) is 0 Å². The highest BCUT2D eigenvalue weighted by Gasteiger charge is 2.53. The number of alkyl halides is 2. The molecule has 2 bridgehead atoms. The minimum absolute atomic E-state index is 0.0742. The van der Waals surface area contributed by atoms with Gasteiger partial charge in [-0.1, -0.05) is 12.1 Å². The number of hydrogen-bond acceptors (Lipinski definition) is 5. The van der Waals surface area contributed by atoms with Crippen LogP contribution >= 0.6 is 0 Å². The standard InChI is InChI=1S/C22H21F2N5O2/c1-13-15-10-18(19(11-15)31-20-7-6-14(12-25-20)21(23)24)28(13)22(30)16-4-2-3-5-17(16)29-26-8-9-27-29/h2-9,12-13,15,18-19,21H,10-11H2,1H3. The van der Waals surface area contributed by atoms with Crippen molar-refractivity contribution >= 4 is 5.91 Å². The molecular formula is C22H21F2N5O2. The summed E-state index contributed by atoms with van der Waals surface area (Å²) in [6.45, 7) is 2.06. The second-order valence-corrected chi connectivity index (χ2v) is 7.97. The normalized spacial score (nSPS) is 24.7. The van der Waals surface area contributed by atoms with Gasteiger partial charge >= 0.3 is 0 Å². The lowest BCUT2D eigenvalue weighted by atomic mass is 9.98. The van der Waals surface area contributed by atoms with Gasteiger partial charge in [0.05, 0.1) is 29.7 Å². The zero-order chi connectivity index (χ0) is 21.5. The molecule has 1 aliphatic carbocycles. The van der Waals surface area contributed by atoms with Crippen LogP contribution in [-0.4, -0.2) is 49.0 Å². The van der Waals surface area contributed by atoms with Gasteiger partial charge in [0.1, 0.15) is 6.10 Å². The molecule has 1 aromatic carbocycles. The summed E-state index contributed by atoms with van der Waals surface area (Å²) < 4.78 is 31.6. The van der Waals surface area contributed by atoms with Crippen LogP contribution in [0.2, 0.25) is 0 Å². The van der Waals surface area contributed by atoms with Gasteiger partial charge in [-0.2, -0.15) is 15.0 Å². The Morgan fingerprint density at radius 3 is 2.58 bits per heavy atom. The van der Waals surface area contributed by atoms with Gasteiger partial charge in [-0.3, -0.25) is 4.79 Å². The molecule has 1 aliphatic heterocycles. The maximum atomic E-state index is 13.6. The first-order valence-corrected chi connectivity index (χ1v) is 10.2. The van der Waals surface area contributed by atoms with Crippen LogP contribution in [0.3, 0.4) is 0 Å². The van der Waals surface area contributed by atoms with Crippen molar-refractivity contribution in [1.29, 1.82) is 0 Å². The first-order valence-electron chi connectivity index (χ1n) is 10.2. The van der Waals surface area contributed by atoms with Crippen molar-refractivity contribution in [2.24, 2.45) is 5.92 Å². The molecule has 3 heterocycles. The van der Waals surface area contributed by atoms with Crippen LogP contribution in [0.4, 0.5) is 8.78 Å². The Balaban J connectivity index is 1.39. The van der Waals surface area contributed by atoms with E-state index in [9.17, 15) is 13.6 Å². The first-order chi connectivity index (χ1) is 15.0. The van der Waals surface area contributed by atoms with Gasteiger partial charge in [-0.25, -0.2) is 13.8 Å². The number of amides is 1. The fraction of sp³-hybridized carbons (Fsp3) is 0.364. The average Bonchev–Trinajstić information content (AvgIpc) is 3.51. The Morgan fingerprint density at radius 2 is 1.90 bits per heavy atom. The van der Waals surface area contributed by atoms with Gasteiger partial charge in [0.15, 0.2) is 0 Å². The van der Waals surface area contributed by atoms with Crippen LogP contribution in [0.5, 0.6) is 5.88 Å². The molecule has 0 radical (unpaired) electrons. The van der Waals surface area contributed by atoms with Crippen molar-refractivity contribution in [2.75, 3.05) is 0 Å². The van der Waals surface area contributed by atoms with Crippen LogP contribution in [0.15, 0.2) is 55.0 Å². The topological polar surface area (TPSA) is 73.1 Å². The molecule has 0 N–H and O–H groups in total. The lowest BCUT2D eigenvalue weighted by molar-refractivity contribution is 0.0313. The Labute approximate surface area is 177 Å². The summed E-state index contributed by atoms with van der Waals surface area (Å²) >= 11 is 0. The Kier molecular flexibility index (Phi) is 4.88. The van der Waals surface area contributed by atoms with E-state index in [0.29, 0.717) is 23.0 Å². The highest BCUT2D eigenvalue weighted by Crippen LogP contribution is 2.44. The van der Waals surface area contributed by atoms with Crippen molar-refractivity contribution < 1.29 is 18.3 Å². The number of hydrogen-bond donors (Lipinski definition) is 0. The molecule has 1 saturated heterocycles. The lowest BCUT2D eigenvalue weighted by Crippen LogP contribution is -2.51. The number of carbonyl (C=O) groups excluding carboxylic acids is 1. The Bertz CT molecular complexity index is 1070. The predicted octanol–water partition coefficient (Wildman–Crippen LogP) is 3.67. The van der Waals surface area contributed by atoms with Crippen LogP contribution in [0.1, 0.15) is 42.1 Å². The van der Waals surface area contributed by atoms with E-state index in [-0.39, 0.29) is 29.7 Å². The third-order valence-corrected chi connectivity index (χ3v) is 6.27. The Morgan fingerprint density at radius 1 is 1.13 bits per heavy atom. The number of rotatable bonds is 5. The predicted molar refractivity (Wildman–Crippen MR) is 107 cm³/mol. The van der Waals surface area contributed by atoms with Crippen molar-refractivity contribution in [1.82, 2.24) is 24.9 Å². The second kappa shape index (κ2) is 7.72. The summed E-state index contributed by atoms with van der Waals surface area (Å²) in [6, 6.07) is 10.0. The number of halogens is 2. The molecule has 7 nitrogen and oxygen atoms in total. The molecule has 4 unspecified atom stereocenters. The molecule has 31 heavy (non-hydrogen) atoms. The van der Waals surface area contributed by atoms with Crippen molar-refractivity contribution in [3.05, 3.63) is 66.1 Å². The van der Waals surface area contributed by atoms with Gasteiger partial charge in [-0.15, -0.1) is 0 Å². The minimum atomic E-state index is -2.57. The van der Waals surface area contributed by atoms with E-state index < -0.39 is 6.43 Å². The number of benzene rings is 1. The molecule has 1 amide bonds. The molecule has 4 atom stereocenters. The Hall–Kier alpha value is -3.36. The summed E-state index contributed by atoms with van der Waals surface area (Å²) in [5, 5.41) is 8.32. The lowest BCUT2D eigenvalue weighted by Gasteiger charge is -2.38. The first kappa shape index (κ1) is 19.6. The molecule has 5 rings (SSSR count). The van der Waals surface area contributed by atoms with E-state index in [2.05, 4.69) is 22.1 Å². The maximum absolute atomic E-state index is 13.6. The molecule has 160 valence electrons. The fourth-order valence-electron chi connectivity index (χ4n) is 4.75. The summed E-state index contributed by atoms with van der Waals surface area (Å²) in [5.41, 5.74) is 1.00. The third kappa shape index (κ3) is 3.43. The number of nitrogens with zero attached hydrogens (tertiary/aromatic N) is 5. The van der Waals surface area contributed by atoms with Gasteiger partial charge in [-0.05, 0) is 43.9 Å². The smallest absolute Gasteiger partial charge is 0.265 e. The van der Waals surface area contributed by atoms with Gasteiger partial charge in [0.2, 0.25) is 5.88 Å². The molecule has 9 heteroatoms. The number of carbonyl (C=O) groups is 1. The van der Waals surface area contributed by atoms with E-state index in [4.69, 9.17) is 4.74 Å². The number of piperidine rings is 1. The van der Waals surface area contributed by atoms with Gasteiger partial charge in [0, 0.05) is 23.9 Å². The van der Waals surface area contributed by atoms with Crippen LogP contribution in [0, 0.1) is 5.92 Å². The van der Waals surface area contributed by atoms with Crippen molar-refractivity contribution in [2.45, 2.75) is 44.4 Å². The highest BCUT2D eigenvalue weighted by atomic mass is 19.3. The van der Waals surface area contributed by atoms with Crippen LogP contribution < -0.4 is 4.74 Å². The number of likely N-dealkylation sites (tertiary alicyclic amines) is 1. The molecular weight excluding hydrogens is 404 g/mol. The van der Waals surface area contributed by atoms with Gasteiger partial charge < -0.3 is 9.64 Å². The highest BCUT2D eigenvalue weighted by molar-refractivity contribution is 5.98. The molecule has 1 saturated carbocycles. The fourth-order valence-corrected chi connectivity index (χ4v) is 4.75. The molecule has 2 aliphatic rings. The monoisotopic (exact) mass is 425 g/mol.